The Morgan fingerprint density at radius 3 is 2.55 bits per heavy atom. The fraction of sp³-hybridized carbons (Fsp3) is 0.0714. The summed E-state index contributed by atoms with van der Waals surface area (Å²) in [6.45, 7) is 1.91. The van der Waals surface area contributed by atoms with Crippen molar-refractivity contribution in [3.8, 4) is 0 Å². The fourth-order valence-electron chi connectivity index (χ4n) is 1.75. The summed E-state index contributed by atoms with van der Waals surface area (Å²) in [6.07, 6.45) is 0. The molecular formula is C14H13BrClN3O. The van der Waals surface area contributed by atoms with Gasteiger partial charge < -0.3 is 10.7 Å². The van der Waals surface area contributed by atoms with Crippen LogP contribution in [0.4, 0.5) is 11.4 Å². The molecule has 0 spiro atoms. The quantitative estimate of drug-likeness (QED) is 0.577. The molecule has 1 amide bonds. The van der Waals surface area contributed by atoms with Crippen LogP contribution in [0.1, 0.15) is 15.9 Å². The summed E-state index contributed by atoms with van der Waals surface area (Å²) >= 11 is 9.40. The molecule has 6 heteroatoms. The zero-order valence-corrected chi connectivity index (χ0v) is 13.0. The topological polar surface area (TPSA) is 67.1 Å². The Morgan fingerprint density at radius 2 is 1.90 bits per heavy atom. The summed E-state index contributed by atoms with van der Waals surface area (Å²) in [5.41, 5.74) is 5.05. The minimum atomic E-state index is -0.272. The molecule has 20 heavy (non-hydrogen) atoms. The maximum atomic E-state index is 12.3. The number of anilines is 2. The number of nitrogens with one attached hydrogen (secondary N) is 2. The number of hydrogen-bond acceptors (Lipinski definition) is 3. The molecule has 0 aliphatic rings. The van der Waals surface area contributed by atoms with Gasteiger partial charge in [0, 0.05) is 4.47 Å². The summed E-state index contributed by atoms with van der Waals surface area (Å²) in [6, 6.07) is 10.6. The molecule has 0 radical (unpaired) electrons. The molecule has 0 fully saturated rings. The van der Waals surface area contributed by atoms with Gasteiger partial charge in [-0.3, -0.25) is 10.6 Å². The average Bonchev–Trinajstić information content (AvgIpc) is 2.41. The SMILES string of the molecule is Cc1ccc(NN)c(C(=O)Nc2ccc(Br)cc2Cl)c1. The zero-order valence-electron chi connectivity index (χ0n) is 10.7. The number of hydrazine groups is 1. The predicted octanol–water partition coefficient (Wildman–Crippen LogP) is 3.95. The molecule has 4 N–H and O–H groups in total. The van der Waals surface area contributed by atoms with Crippen molar-refractivity contribution in [3.05, 3.63) is 57.0 Å². The second-order valence-corrected chi connectivity index (χ2v) is 5.59. The Bertz CT molecular complexity index is 661. The summed E-state index contributed by atoms with van der Waals surface area (Å²) in [5, 5.41) is 3.23. The first-order chi connectivity index (χ1) is 9.51. The van der Waals surface area contributed by atoms with Gasteiger partial charge in [-0.2, -0.15) is 0 Å². The maximum absolute atomic E-state index is 12.3. The molecule has 2 aromatic carbocycles. The van der Waals surface area contributed by atoms with Gasteiger partial charge in [-0.15, -0.1) is 0 Å². The first-order valence-electron chi connectivity index (χ1n) is 5.85. The Hall–Kier alpha value is -1.56. The smallest absolute Gasteiger partial charge is 0.257 e. The van der Waals surface area contributed by atoms with E-state index in [1.54, 1.807) is 30.3 Å². The molecule has 104 valence electrons. The minimum Gasteiger partial charge on any atom is -0.323 e. The Kier molecular flexibility index (Phi) is 4.65. The van der Waals surface area contributed by atoms with Crippen LogP contribution in [0.15, 0.2) is 40.9 Å². The summed E-state index contributed by atoms with van der Waals surface area (Å²) in [4.78, 5) is 12.3. The van der Waals surface area contributed by atoms with Crippen molar-refractivity contribution in [2.75, 3.05) is 10.7 Å². The van der Waals surface area contributed by atoms with Crippen LogP contribution in [-0.2, 0) is 0 Å². The van der Waals surface area contributed by atoms with Crippen molar-refractivity contribution in [3.63, 3.8) is 0 Å². The number of rotatable bonds is 3. The summed E-state index contributed by atoms with van der Waals surface area (Å²) < 4.78 is 0.848. The molecule has 0 aromatic heterocycles. The first kappa shape index (κ1) is 14.8. The molecule has 0 unspecified atom stereocenters. The van der Waals surface area contributed by atoms with Gasteiger partial charge in [0.25, 0.3) is 5.91 Å². The second kappa shape index (κ2) is 6.26. The highest BCUT2D eigenvalue weighted by Crippen LogP contribution is 2.27. The molecule has 0 saturated carbocycles. The first-order valence-corrected chi connectivity index (χ1v) is 7.02. The van der Waals surface area contributed by atoms with Crippen molar-refractivity contribution in [1.29, 1.82) is 0 Å². The fourth-order valence-corrected chi connectivity index (χ4v) is 2.47. The van der Waals surface area contributed by atoms with Gasteiger partial charge in [0.2, 0.25) is 0 Å². The zero-order chi connectivity index (χ0) is 14.7. The lowest BCUT2D eigenvalue weighted by molar-refractivity contribution is 0.102. The van der Waals surface area contributed by atoms with E-state index >= 15 is 0 Å². The van der Waals surface area contributed by atoms with E-state index in [4.69, 9.17) is 17.4 Å². The molecule has 0 saturated heterocycles. The van der Waals surface area contributed by atoms with Gasteiger partial charge in [-0.25, -0.2) is 0 Å². The third-order valence-electron chi connectivity index (χ3n) is 2.75. The molecule has 0 aliphatic heterocycles. The number of aryl methyl sites for hydroxylation is 1. The number of amides is 1. The lowest BCUT2D eigenvalue weighted by atomic mass is 10.1. The Morgan fingerprint density at radius 1 is 1.20 bits per heavy atom. The number of carbonyl (C=O) groups excluding carboxylic acids is 1. The average molecular weight is 355 g/mol. The van der Waals surface area contributed by atoms with Gasteiger partial charge >= 0.3 is 0 Å². The van der Waals surface area contributed by atoms with Crippen LogP contribution in [0.2, 0.25) is 5.02 Å². The normalized spacial score (nSPS) is 10.2. The van der Waals surface area contributed by atoms with Gasteiger partial charge in [0.15, 0.2) is 0 Å². The van der Waals surface area contributed by atoms with E-state index in [2.05, 4.69) is 26.7 Å². The lowest BCUT2D eigenvalue weighted by Gasteiger charge is -2.11. The van der Waals surface area contributed by atoms with Crippen LogP contribution >= 0.6 is 27.5 Å². The van der Waals surface area contributed by atoms with Gasteiger partial charge in [0.1, 0.15) is 0 Å². The third kappa shape index (κ3) is 3.30. The van der Waals surface area contributed by atoms with Crippen LogP contribution < -0.4 is 16.6 Å². The Balaban J connectivity index is 2.30. The molecule has 0 bridgehead atoms. The van der Waals surface area contributed by atoms with E-state index in [-0.39, 0.29) is 5.91 Å². The monoisotopic (exact) mass is 353 g/mol. The van der Waals surface area contributed by atoms with E-state index < -0.39 is 0 Å². The number of nitrogen functional groups attached to an aromatic ring is 1. The highest BCUT2D eigenvalue weighted by molar-refractivity contribution is 9.10. The van der Waals surface area contributed by atoms with Gasteiger partial charge in [-0.1, -0.05) is 39.2 Å². The predicted molar refractivity (Wildman–Crippen MR) is 86.1 cm³/mol. The van der Waals surface area contributed by atoms with Crippen LogP contribution in [-0.4, -0.2) is 5.91 Å². The highest BCUT2D eigenvalue weighted by Gasteiger charge is 2.13. The van der Waals surface area contributed by atoms with Crippen LogP contribution in [0.5, 0.6) is 0 Å². The van der Waals surface area contributed by atoms with Crippen LogP contribution in [0.25, 0.3) is 0 Å². The maximum Gasteiger partial charge on any atom is 0.257 e. The lowest BCUT2D eigenvalue weighted by Crippen LogP contribution is -2.17. The molecule has 0 aliphatic carbocycles. The summed E-state index contributed by atoms with van der Waals surface area (Å²) in [7, 11) is 0. The number of halogens is 2. The third-order valence-corrected chi connectivity index (χ3v) is 3.56. The second-order valence-electron chi connectivity index (χ2n) is 4.27. The Labute approximate surface area is 130 Å². The molecule has 2 aromatic rings. The van der Waals surface area contributed by atoms with E-state index in [0.717, 1.165) is 10.0 Å². The van der Waals surface area contributed by atoms with E-state index in [1.165, 1.54) is 0 Å². The van der Waals surface area contributed by atoms with Crippen molar-refractivity contribution in [2.45, 2.75) is 6.92 Å². The molecule has 0 heterocycles. The number of hydrogen-bond donors (Lipinski definition) is 3. The van der Waals surface area contributed by atoms with E-state index in [0.29, 0.717) is 22.0 Å². The van der Waals surface area contributed by atoms with Gasteiger partial charge in [-0.05, 0) is 37.3 Å². The number of benzene rings is 2. The van der Waals surface area contributed by atoms with Crippen molar-refractivity contribution in [2.24, 2.45) is 5.84 Å². The summed E-state index contributed by atoms with van der Waals surface area (Å²) in [5.74, 6) is 5.15. The van der Waals surface area contributed by atoms with Crippen molar-refractivity contribution >= 4 is 44.8 Å². The largest absolute Gasteiger partial charge is 0.323 e. The molecule has 4 nitrogen and oxygen atoms in total. The van der Waals surface area contributed by atoms with Crippen molar-refractivity contribution < 1.29 is 4.79 Å². The molecule has 0 atom stereocenters. The number of nitrogens with two attached hydrogens (primary N) is 1. The van der Waals surface area contributed by atoms with Crippen LogP contribution in [0, 0.1) is 6.92 Å². The van der Waals surface area contributed by atoms with Crippen LogP contribution in [0.3, 0.4) is 0 Å². The minimum absolute atomic E-state index is 0.272. The standard InChI is InChI=1S/C14H13BrClN3O/c1-8-2-4-12(19-17)10(6-8)14(20)18-13-5-3-9(15)7-11(13)16/h2-7,19H,17H2,1H3,(H,18,20). The van der Waals surface area contributed by atoms with E-state index in [1.807, 2.05) is 13.0 Å². The van der Waals surface area contributed by atoms with E-state index in [9.17, 15) is 4.79 Å². The molecule has 2 rings (SSSR count). The van der Waals surface area contributed by atoms with Gasteiger partial charge in [0.05, 0.1) is 22.0 Å². The highest BCUT2D eigenvalue weighted by atomic mass is 79.9. The van der Waals surface area contributed by atoms with Crippen molar-refractivity contribution in [1.82, 2.24) is 0 Å². The number of carbonyl (C=O) groups is 1. The molecular weight excluding hydrogens is 342 g/mol.